The van der Waals surface area contributed by atoms with Crippen LogP contribution in [0.2, 0.25) is 0 Å². The molecule has 2 rings (SSSR count). The Labute approximate surface area is 121 Å². The van der Waals surface area contributed by atoms with Gasteiger partial charge in [0, 0.05) is 17.4 Å². The number of rotatable bonds is 4. The Morgan fingerprint density at radius 2 is 2.00 bits per heavy atom. The van der Waals surface area contributed by atoms with Crippen LogP contribution in [0.15, 0.2) is 29.2 Å². The Bertz CT molecular complexity index is 570. The predicted octanol–water partition coefficient (Wildman–Crippen LogP) is 2.01. The van der Waals surface area contributed by atoms with E-state index in [0.29, 0.717) is 4.90 Å². The van der Waals surface area contributed by atoms with Gasteiger partial charge >= 0.3 is 5.97 Å². The van der Waals surface area contributed by atoms with Gasteiger partial charge in [0.25, 0.3) is 0 Å². The summed E-state index contributed by atoms with van der Waals surface area (Å²) in [6.45, 7) is 3.57. The number of hydrogen-bond donors (Lipinski definition) is 1. The molecule has 1 saturated heterocycles. The molecule has 1 heterocycles. The third kappa shape index (κ3) is 2.70. The van der Waals surface area contributed by atoms with Gasteiger partial charge in [0.1, 0.15) is 0 Å². The highest BCUT2D eigenvalue weighted by atomic mass is 32.2. The fraction of sp³-hybridized carbons (Fsp3) is 0.357. The number of carboxylic acid groups (broad SMARTS) is 1. The molecule has 20 heavy (non-hydrogen) atoms. The molecule has 1 aliphatic heterocycles. The molecule has 0 spiro atoms. The summed E-state index contributed by atoms with van der Waals surface area (Å²) in [5, 5.41) is 8.59. The topological polar surface area (TPSA) is 74.7 Å². The Hall–Kier alpha value is -1.82. The summed E-state index contributed by atoms with van der Waals surface area (Å²) >= 11 is 1.15. The second-order valence-electron chi connectivity index (χ2n) is 4.81. The van der Waals surface area contributed by atoms with E-state index in [1.54, 1.807) is 32.0 Å². The first kappa shape index (κ1) is 14.6. The van der Waals surface area contributed by atoms with E-state index < -0.39 is 11.2 Å². The molecule has 1 atom stereocenters. The second-order valence-corrected chi connectivity index (χ2v) is 6.05. The lowest BCUT2D eigenvalue weighted by atomic mass is 10.2. The first-order chi connectivity index (χ1) is 9.41. The normalized spacial score (nSPS) is 18.9. The number of benzene rings is 1. The van der Waals surface area contributed by atoms with Gasteiger partial charge in [-0.05, 0) is 26.0 Å². The smallest absolute Gasteiger partial charge is 0.336 e. The Morgan fingerprint density at radius 3 is 2.55 bits per heavy atom. The zero-order chi connectivity index (χ0) is 14.9. The maximum absolute atomic E-state index is 12.2. The van der Waals surface area contributed by atoms with Gasteiger partial charge in [-0.1, -0.05) is 12.1 Å². The molecule has 0 saturated carbocycles. The maximum atomic E-state index is 12.2. The molecule has 106 valence electrons. The van der Waals surface area contributed by atoms with Crippen molar-refractivity contribution >= 4 is 29.5 Å². The van der Waals surface area contributed by atoms with Crippen LogP contribution in [0, 0.1) is 0 Å². The summed E-state index contributed by atoms with van der Waals surface area (Å²) in [6.07, 6.45) is 0.121. The number of thioether (sulfide) groups is 1. The van der Waals surface area contributed by atoms with Crippen molar-refractivity contribution in [2.45, 2.75) is 36.5 Å². The fourth-order valence-electron chi connectivity index (χ4n) is 2.16. The highest BCUT2D eigenvalue weighted by molar-refractivity contribution is 8.00. The van der Waals surface area contributed by atoms with E-state index in [9.17, 15) is 14.4 Å². The average molecular weight is 293 g/mol. The van der Waals surface area contributed by atoms with E-state index >= 15 is 0 Å². The monoisotopic (exact) mass is 293 g/mol. The van der Waals surface area contributed by atoms with Gasteiger partial charge in [-0.3, -0.25) is 14.5 Å². The van der Waals surface area contributed by atoms with Crippen LogP contribution in [0.3, 0.4) is 0 Å². The molecule has 6 heteroatoms. The number of likely N-dealkylation sites (tertiary alicyclic amines) is 1. The van der Waals surface area contributed by atoms with Crippen molar-refractivity contribution in [1.82, 2.24) is 4.90 Å². The van der Waals surface area contributed by atoms with Crippen molar-refractivity contribution in [3.05, 3.63) is 29.8 Å². The van der Waals surface area contributed by atoms with Crippen LogP contribution < -0.4 is 0 Å². The predicted molar refractivity (Wildman–Crippen MR) is 74.7 cm³/mol. The highest BCUT2D eigenvalue weighted by Gasteiger charge is 2.40. The summed E-state index contributed by atoms with van der Waals surface area (Å²) in [7, 11) is 0. The van der Waals surface area contributed by atoms with Gasteiger partial charge in [0.15, 0.2) is 0 Å². The zero-order valence-electron chi connectivity index (χ0n) is 11.2. The number of carbonyl (C=O) groups is 3. The van der Waals surface area contributed by atoms with Gasteiger partial charge in [0.05, 0.1) is 10.8 Å². The summed E-state index contributed by atoms with van der Waals surface area (Å²) in [5.74, 6) is -1.48. The summed E-state index contributed by atoms with van der Waals surface area (Å²) in [4.78, 5) is 36.9. The Morgan fingerprint density at radius 1 is 1.35 bits per heavy atom. The van der Waals surface area contributed by atoms with Crippen molar-refractivity contribution in [3.63, 3.8) is 0 Å². The molecule has 1 N–H and O–H groups in total. The molecule has 0 bridgehead atoms. The highest BCUT2D eigenvalue weighted by Crippen LogP contribution is 2.34. The SMILES string of the molecule is CC(C)N1C(=O)C[C@H](Sc2ccccc2C(=O)O)C1=O. The molecule has 0 aromatic heterocycles. The number of carboxylic acids is 1. The minimum absolute atomic E-state index is 0.121. The fourth-order valence-corrected chi connectivity index (χ4v) is 3.34. The maximum Gasteiger partial charge on any atom is 0.336 e. The standard InChI is InChI=1S/C14H15NO4S/c1-8(2)15-12(16)7-11(13(15)17)20-10-6-4-3-5-9(10)14(18)19/h3-6,8,11H,7H2,1-2H3,(H,18,19)/t11-/m0/s1. The van der Waals surface area contributed by atoms with Gasteiger partial charge in [-0.15, -0.1) is 11.8 Å². The minimum Gasteiger partial charge on any atom is -0.478 e. The number of amides is 2. The number of hydrogen-bond acceptors (Lipinski definition) is 4. The van der Waals surface area contributed by atoms with Crippen LogP contribution in [0.25, 0.3) is 0 Å². The van der Waals surface area contributed by atoms with E-state index in [1.807, 2.05) is 0 Å². The second kappa shape index (κ2) is 5.66. The molecule has 2 amide bonds. The summed E-state index contributed by atoms with van der Waals surface area (Å²) < 4.78 is 0. The van der Waals surface area contributed by atoms with Crippen molar-refractivity contribution < 1.29 is 19.5 Å². The molecule has 1 aromatic rings. The average Bonchev–Trinajstić information content (AvgIpc) is 2.64. The third-order valence-corrected chi connectivity index (χ3v) is 4.31. The van der Waals surface area contributed by atoms with Gasteiger partial charge in [-0.2, -0.15) is 0 Å². The lowest BCUT2D eigenvalue weighted by Crippen LogP contribution is -2.37. The quantitative estimate of drug-likeness (QED) is 0.860. The molecule has 1 aromatic carbocycles. The molecular weight excluding hydrogens is 278 g/mol. The Kier molecular flexibility index (Phi) is 4.13. The van der Waals surface area contributed by atoms with Gasteiger partial charge in [0.2, 0.25) is 11.8 Å². The number of imide groups is 1. The summed E-state index contributed by atoms with van der Waals surface area (Å²) in [6, 6.07) is 6.33. The molecular formula is C14H15NO4S. The molecule has 0 radical (unpaired) electrons. The van der Waals surface area contributed by atoms with E-state index in [4.69, 9.17) is 5.11 Å². The lowest BCUT2D eigenvalue weighted by molar-refractivity contribution is -0.140. The van der Waals surface area contributed by atoms with Gasteiger partial charge < -0.3 is 5.11 Å². The third-order valence-electron chi connectivity index (χ3n) is 3.04. The van der Waals surface area contributed by atoms with Crippen LogP contribution in [0.5, 0.6) is 0 Å². The van der Waals surface area contributed by atoms with Crippen LogP contribution >= 0.6 is 11.8 Å². The van der Waals surface area contributed by atoms with Crippen LogP contribution in [-0.4, -0.2) is 39.1 Å². The lowest BCUT2D eigenvalue weighted by Gasteiger charge is -2.18. The zero-order valence-corrected chi connectivity index (χ0v) is 12.0. The van der Waals surface area contributed by atoms with Crippen molar-refractivity contribution in [2.75, 3.05) is 0 Å². The van der Waals surface area contributed by atoms with Crippen molar-refractivity contribution in [1.29, 1.82) is 0 Å². The van der Waals surface area contributed by atoms with Gasteiger partial charge in [-0.25, -0.2) is 4.79 Å². The molecule has 1 fully saturated rings. The number of carbonyl (C=O) groups excluding carboxylic acids is 2. The van der Waals surface area contributed by atoms with Crippen LogP contribution in [-0.2, 0) is 9.59 Å². The summed E-state index contributed by atoms with van der Waals surface area (Å²) in [5.41, 5.74) is 0.153. The number of nitrogens with zero attached hydrogens (tertiary/aromatic N) is 1. The molecule has 0 aliphatic carbocycles. The van der Waals surface area contributed by atoms with E-state index in [2.05, 4.69) is 0 Å². The van der Waals surface area contributed by atoms with E-state index in [-0.39, 0.29) is 29.8 Å². The van der Waals surface area contributed by atoms with Crippen LogP contribution in [0.4, 0.5) is 0 Å². The number of aromatic carboxylic acids is 1. The minimum atomic E-state index is -1.04. The Balaban J connectivity index is 2.22. The molecule has 5 nitrogen and oxygen atoms in total. The first-order valence-corrected chi connectivity index (χ1v) is 7.14. The molecule has 0 unspecified atom stereocenters. The van der Waals surface area contributed by atoms with Crippen LogP contribution in [0.1, 0.15) is 30.6 Å². The largest absolute Gasteiger partial charge is 0.478 e. The van der Waals surface area contributed by atoms with Crippen molar-refractivity contribution in [2.24, 2.45) is 0 Å². The van der Waals surface area contributed by atoms with E-state index in [0.717, 1.165) is 11.8 Å². The van der Waals surface area contributed by atoms with Crippen molar-refractivity contribution in [3.8, 4) is 0 Å². The first-order valence-electron chi connectivity index (χ1n) is 6.26. The van der Waals surface area contributed by atoms with E-state index in [1.165, 1.54) is 11.0 Å². The molecule has 1 aliphatic rings.